The number of nitriles is 2. The fourth-order valence-corrected chi connectivity index (χ4v) is 26.0. The van der Waals surface area contributed by atoms with Gasteiger partial charge in [-0.3, -0.25) is 19.2 Å². The molecule has 2 aliphatic carbocycles. The molecule has 22 rings (SSSR count). The maximum Gasteiger partial charge on any atom is 0.488 e. The number of rotatable bonds is 22. The Labute approximate surface area is 885 Å². The second-order valence-electron chi connectivity index (χ2n) is 33.8. The molecule has 0 radical (unpaired) electrons. The van der Waals surface area contributed by atoms with Crippen LogP contribution in [0.5, 0.6) is 0 Å². The van der Waals surface area contributed by atoms with Gasteiger partial charge in [0.2, 0.25) is 0 Å². The van der Waals surface area contributed by atoms with E-state index in [4.69, 9.17) is 20.6 Å². The number of hydrogen-bond donors (Lipinski definition) is 4. The molecule has 0 atom stereocenters. The first-order valence-electron chi connectivity index (χ1n) is 47.8. The fraction of sp³-hybridized carbons (Fsp3) is 0.0645. The molecule has 20 aromatic rings. The number of amides is 4. The van der Waals surface area contributed by atoms with E-state index in [-0.39, 0.29) is 56.1 Å². The third-order valence-electron chi connectivity index (χ3n) is 23.9. The minimum atomic E-state index is -1.49. The second-order valence-corrected chi connectivity index (χ2v) is 43.5. The Hall–Kier alpha value is -15.4. The summed E-state index contributed by atoms with van der Waals surface area (Å²) in [5, 5.41) is 66.0. The number of pyridine rings is 2. The van der Waals surface area contributed by atoms with Gasteiger partial charge in [0.15, 0.2) is 0 Å². The summed E-state index contributed by atoms with van der Waals surface area (Å²) in [6.07, 6.45) is 11.0. The second kappa shape index (κ2) is 54.0. The molecule has 16 nitrogen and oxygen atoms in total. The van der Waals surface area contributed by atoms with Gasteiger partial charge in [-0.1, -0.05) is 388 Å². The van der Waals surface area contributed by atoms with Crippen molar-refractivity contribution in [1.82, 2.24) is 29.9 Å². The number of aromatic nitrogens is 4. The summed E-state index contributed by atoms with van der Waals surface area (Å²) in [4.78, 5) is 53.2. The molecule has 0 saturated heterocycles. The Morgan fingerprint density at radius 3 is 0.803 bits per heavy atom. The third-order valence-corrected chi connectivity index (χ3v) is 34.2. The van der Waals surface area contributed by atoms with E-state index >= 15 is 0 Å². The van der Waals surface area contributed by atoms with Crippen LogP contribution in [-0.4, -0.2) is 86.2 Å². The largest absolute Gasteiger partial charge is 0.488 e. The Morgan fingerprint density at radius 2 is 0.565 bits per heavy atom. The molecule has 16 aromatic carbocycles. The maximum absolute atomic E-state index is 13.5. The van der Waals surface area contributed by atoms with Gasteiger partial charge in [0, 0.05) is 98.2 Å². The van der Waals surface area contributed by atoms with Crippen molar-refractivity contribution in [2.24, 2.45) is 0 Å². The SMILES string of the molecule is CNC(=O)c1ccc(-c2cnn3ccc(C(=O)N(c4ccc(C#N)cc4)C4CC4)cc23)cc1.CNC(=O)c1ccc(B(O)O)cc1.N#Cc1ccc(N(C(=O)c2ccn3ncc(Br)c3c2)C2CC2)cc1.[Pd].c1ccc(P(c2ccccc2)c2ccccc2)cc1.c1ccc(P(c2ccccc2)c2ccccc2)cc1.c1ccc(P(c2ccccc2)c2ccccc2)cc1.c1ccc(P(c2ccccc2)c2ccccc2)cc1. The summed E-state index contributed by atoms with van der Waals surface area (Å²) >= 11 is 3.45. The molecule has 2 saturated carbocycles. The van der Waals surface area contributed by atoms with E-state index in [0.717, 1.165) is 63.7 Å². The summed E-state index contributed by atoms with van der Waals surface area (Å²) in [5.41, 5.74) is 8.87. The fourth-order valence-electron chi connectivity index (χ4n) is 16.4. The average molecular weight is 2150 g/mol. The van der Waals surface area contributed by atoms with Crippen LogP contribution in [0.2, 0.25) is 0 Å². The zero-order valence-electron chi connectivity index (χ0n) is 80.6. The molecular formula is C124H104BBrN10O6P4Pd. The minimum Gasteiger partial charge on any atom is -0.423 e. The number of fused-ring (bicyclic) bond motifs is 2. The van der Waals surface area contributed by atoms with Crippen LogP contribution >= 0.6 is 47.6 Å². The predicted octanol–water partition coefficient (Wildman–Crippen LogP) is 20.3. The average Bonchev–Trinajstić information content (AvgIpc) is 1.63. The summed E-state index contributed by atoms with van der Waals surface area (Å²) in [6, 6.07) is 169. The van der Waals surface area contributed by atoms with Crippen LogP contribution in [0.1, 0.15) is 78.2 Å². The molecule has 4 aromatic heterocycles. The van der Waals surface area contributed by atoms with Gasteiger partial charge in [0.05, 0.1) is 51.2 Å². The number of anilines is 2. The molecule has 2 aliphatic rings. The van der Waals surface area contributed by atoms with E-state index in [9.17, 15) is 19.2 Å². The summed E-state index contributed by atoms with van der Waals surface area (Å²) in [7, 11) is -0.132. The summed E-state index contributed by atoms with van der Waals surface area (Å²) in [5.74, 6) is -0.444. The predicted molar refractivity (Wildman–Crippen MR) is 609 cm³/mol. The van der Waals surface area contributed by atoms with Crippen LogP contribution in [0.15, 0.2) is 515 Å². The number of carbonyl (C=O) groups excluding carboxylic acids is 4. The van der Waals surface area contributed by atoms with Gasteiger partial charge in [-0.05, 0) is 245 Å². The molecule has 0 unspecified atom stereocenters. The Bertz CT molecular complexity index is 6820. The van der Waals surface area contributed by atoms with E-state index < -0.39 is 38.8 Å². The monoisotopic (exact) mass is 2150 g/mol. The summed E-state index contributed by atoms with van der Waals surface area (Å²) in [6.45, 7) is 0. The van der Waals surface area contributed by atoms with Crippen molar-refractivity contribution in [2.45, 2.75) is 37.8 Å². The number of hydrogen-bond acceptors (Lipinski definition) is 10. The standard InChI is InChI=1S/C26H21N5O2.C18H13BrN4O.4C18H15P.C8H10BNO3.Pd/c1-28-25(32)19-6-4-18(5-7-19)23-16-29-30-13-12-20(14-24(23)30)26(33)31(22-10-11-22)21-8-2-17(15-27)3-9-21;19-16-11-21-22-8-7-13(9-17(16)22)18(24)23(15-5-6-15)14-3-1-12(10-20)2-4-14;4*1-4-10-16(11-5-1)19(17-12-6-2-7-13-17)18-14-8-3-9-15-18;1-10-8(11)6-2-4-7(5-3-6)9(12)13;/h2-9,12-14,16,22H,10-11H2,1H3,(H,28,32);1-4,7-9,11,15H,5-6H2;4*1-15H;2-5,12-13H,1H3,(H,10,11);. The van der Waals surface area contributed by atoms with Crippen LogP contribution in [0.4, 0.5) is 11.4 Å². The molecular weight excluding hydrogens is 2050 g/mol. The van der Waals surface area contributed by atoms with Gasteiger partial charge >= 0.3 is 7.12 Å². The zero-order valence-corrected chi connectivity index (χ0v) is 87.4. The molecule has 2 fully saturated rings. The number of benzene rings is 16. The number of carbonyl (C=O) groups is 4. The molecule has 0 spiro atoms. The number of nitrogens with one attached hydrogen (secondary N) is 2. The van der Waals surface area contributed by atoms with E-state index in [0.29, 0.717) is 38.8 Å². The molecule has 23 heteroatoms. The Balaban J connectivity index is 0.000000131. The quantitative estimate of drug-likeness (QED) is 0.0371. The van der Waals surface area contributed by atoms with Crippen molar-refractivity contribution in [3.63, 3.8) is 0 Å². The number of nitrogens with zero attached hydrogens (tertiary/aromatic N) is 8. The zero-order chi connectivity index (χ0) is 101. The van der Waals surface area contributed by atoms with Crippen molar-refractivity contribution in [2.75, 3.05) is 23.9 Å². The van der Waals surface area contributed by atoms with Crippen molar-refractivity contribution in [1.29, 1.82) is 10.5 Å². The Kier molecular flexibility index (Phi) is 38.9. The molecule has 0 aliphatic heterocycles. The van der Waals surface area contributed by atoms with Gasteiger partial charge in [0.1, 0.15) is 0 Å². The van der Waals surface area contributed by atoms with Crippen LogP contribution in [-0.2, 0) is 20.4 Å². The van der Waals surface area contributed by atoms with Crippen LogP contribution < -0.4 is 89.6 Å². The molecule has 726 valence electrons. The Morgan fingerprint density at radius 1 is 0.327 bits per heavy atom. The van der Waals surface area contributed by atoms with Crippen LogP contribution in [0.25, 0.3) is 22.2 Å². The normalized spacial score (nSPS) is 11.4. The van der Waals surface area contributed by atoms with Crippen molar-refractivity contribution in [3.8, 4) is 23.3 Å². The summed E-state index contributed by atoms with van der Waals surface area (Å²) < 4.78 is 4.32. The van der Waals surface area contributed by atoms with E-state index in [1.807, 2.05) is 58.3 Å². The van der Waals surface area contributed by atoms with Gasteiger partial charge in [0.25, 0.3) is 23.6 Å². The van der Waals surface area contributed by atoms with Crippen molar-refractivity contribution in [3.05, 3.63) is 548 Å². The van der Waals surface area contributed by atoms with E-state index in [2.05, 4.69) is 413 Å². The van der Waals surface area contributed by atoms with E-state index in [1.54, 1.807) is 89.4 Å². The van der Waals surface area contributed by atoms with Gasteiger partial charge in [-0.2, -0.15) is 20.7 Å². The van der Waals surface area contributed by atoms with Crippen LogP contribution in [0, 0.1) is 22.7 Å². The van der Waals surface area contributed by atoms with Crippen molar-refractivity contribution < 1.29 is 49.6 Å². The smallest absolute Gasteiger partial charge is 0.423 e. The molecule has 4 N–H and O–H groups in total. The molecule has 4 heterocycles. The van der Waals surface area contributed by atoms with E-state index in [1.165, 1.54) is 95.0 Å². The first-order chi connectivity index (χ1) is 71.7. The van der Waals surface area contributed by atoms with Gasteiger partial charge in [-0.15, -0.1) is 0 Å². The van der Waals surface area contributed by atoms with Crippen LogP contribution in [0.3, 0.4) is 0 Å². The van der Waals surface area contributed by atoms with Gasteiger partial charge < -0.3 is 30.5 Å². The number of halogens is 1. The first kappa shape index (κ1) is 106. The molecule has 0 bridgehead atoms. The molecule has 147 heavy (non-hydrogen) atoms. The first-order valence-corrected chi connectivity index (χ1v) is 54.0. The topological polar surface area (TPSA) is 221 Å². The minimum absolute atomic E-state index is 0. The maximum atomic E-state index is 13.5. The third kappa shape index (κ3) is 28.6. The van der Waals surface area contributed by atoms with Crippen molar-refractivity contribution >= 4 is 170 Å². The van der Waals surface area contributed by atoms with Gasteiger partial charge in [-0.25, -0.2) is 9.03 Å². The molecule has 4 amide bonds.